The van der Waals surface area contributed by atoms with E-state index in [0.717, 1.165) is 5.56 Å². The van der Waals surface area contributed by atoms with E-state index in [4.69, 9.17) is 9.47 Å². The third-order valence-electron chi connectivity index (χ3n) is 6.15. The fraction of sp³-hybridized carbons (Fsp3) is 0.241. The summed E-state index contributed by atoms with van der Waals surface area (Å²) in [5, 5.41) is 11.3. The van der Waals surface area contributed by atoms with E-state index in [0.29, 0.717) is 40.8 Å². The molecule has 0 bridgehead atoms. The average molecular weight is 472 g/mol. The number of benzene rings is 3. The standard InChI is InChI=1S/C29H29NO5/c1-5-35-22-16-12-20(13-17-22)26-25(27(31)23-8-6-7-9-24(23)34-4)28(32)29(33)30(26)21-14-10-19(11-15-21)18(2)3/h6-18,26,31H,5H2,1-4H3/b27-25-. The summed E-state index contributed by atoms with van der Waals surface area (Å²) in [5.74, 6) is -0.312. The van der Waals surface area contributed by atoms with Crippen molar-refractivity contribution in [3.8, 4) is 11.5 Å². The zero-order valence-corrected chi connectivity index (χ0v) is 20.3. The van der Waals surface area contributed by atoms with Crippen LogP contribution in [0.4, 0.5) is 5.69 Å². The van der Waals surface area contributed by atoms with Crippen LogP contribution in [0.1, 0.15) is 49.4 Å². The second kappa shape index (κ2) is 10.1. The van der Waals surface area contributed by atoms with Crippen LogP contribution in [-0.4, -0.2) is 30.5 Å². The topological polar surface area (TPSA) is 76.1 Å². The lowest BCUT2D eigenvalue weighted by molar-refractivity contribution is -0.132. The Labute approximate surface area is 205 Å². The molecule has 3 aromatic carbocycles. The van der Waals surface area contributed by atoms with E-state index in [1.807, 2.05) is 43.3 Å². The number of rotatable bonds is 7. The normalized spacial score (nSPS) is 17.2. The summed E-state index contributed by atoms with van der Waals surface area (Å²) in [4.78, 5) is 28.2. The summed E-state index contributed by atoms with van der Waals surface area (Å²) in [6.07, 6.45) is 0. The first-order valence-corrected chi connectivity index (χ1v) is 11.6. The Hall–Kier alpha value is -4.06. The number of Topliss-reactive ketones (excluding diaryl/α,β-unsaturated/α-hetero) is 1. The molecule has 0 radical (unpaired) electrons. The number of nitrogens with zero attached hydrogens (tertiary/aromatic N) is 1. The van der Waals surface area contributed by atoms with E-state index in [9.17, 15) is 14.7 Å². The number of para-hydroxylation sites is 1. The molecule has 1 saturated heterocycles. The number of amides is 1. The van der Waals surface area contributed by atoms with Gasteiger partial charge in [-0.1, -0.05) is 50.2 Å². The Bertz CT molecular complexity index is 1260. The minimum Gasteiger partial charge on any atom is -0.507 e. The van der Waals surface area contributed by atoms with Crippen LogP contribution in [0.2, 0.25) is 0 Å². The minimum atomic E-state index is -0.819. The Balaban J connectivity index is 1.91. The third-order valence-corrected chi connectivity index (χ3v) is 6.15. The molecule has 180 valence electrons. The number of anilines is 1. The van der Waals surface area contributed by atoms with E-state index < -0.39 is 17.7 Å². The largest absolute Gasteiger partial charge is 0.507 e. The lowest BCUT2D eigenvalue weighted by atomic mass is 9.94. The lowest BCUT2D eigenvalue weighted by Gasteiger charge is -2.26. The molecule has 1 aliphatic heterocycles. The SMILES string of the molecule is CCOc1ccc(C2/C(=C(/O)c3ccccc3OC)C(=O)C(=O)N2c2ccc(C(C)C)cc2)cc1. The molecule has 0 saturated carbocycles. The van der Waals surface area contributed by atoms with Crippen LogP contribution in [0, 0.1) is 0 Å². The van der Waals surface area contributed by atoms with Gasteiger partial charge in [-0.25, -0.2) is 0 Å². The number of ketones is 1. The number of aliphatic hydroxyl groups excluding tert-OH is 1. The van der Waals surface area contributed by atoms with Gasteiger partial charge in [0.15, 0.2) is 0 Å². The second-order valence-electron chi connectivity index (χ2n) is 8.62. The van der Waals surface area contributed by atoms with Crippen LogP contribution in [0.5, 0.6) is 11.5 Å². The number of hydrogen-bond donors (Lipinski definition) is 1. The summed E-state index contributed by atoms with van der Waals surface area (Å²) in [5.41, 5.74) is 2.74. The molecule has 1 heterocycles. The van der Waals surface area contributed by atoms with E-state index in [1.54, 1.807) is 36.4 Å². The summed E-state index contributed by atoms with van der Waals surface area (Å²) < 4.78 is 11.0. The van der Waals surface area contributed by atoms with Gasteiger partial charge >= 0.3 is 0 Å². The summed E-state index contributed by atoms with van der Waals surface area (Å²) >= 11 is 0. The van der Waals surface area contributed by atoms with Crippen molar-refractivity contribution in [3.05, 3.63) is 95.1 Å². The van der Waals surface area contributed by atoms with Crippen molar-refractivity contribution < 1.29 is 24.2 Å². The molecule has 1 amide bonds. The number of methoxy groups -OCH3 is 1. The number of hydrogen-bond acceptors (Lipinski definition) is 5. The second-order valence-corrected chi connectivity index (χ2v) is 8.62. The number of carbonyl (C=O) groups is 2. The number of ether oxygens (including phenoxy) is 2. The molecule has 0 aliphatic carbocycles. The minimum absolute atomic E-state index is 0.0107. The van der Waals surface area contributed by atoms with Gasteiger partial charge in [0.05, 0.1) is 30.9 Å². The predicted octanol–water partition coefficient (Wildman–Crippen LogP) is 5.84. The smallest absolute Gasteiger partial charge is 0.300 e. The molecule has 1 unspecified atom stereocenters. The molecule has 35 heavy (non-hydrogen) atoms. The van der Waals surface area contributed by atoms with Crippen LogP contribution >= 0.6 is 0 Å². The predicted molar refractivity (Wildman–Crippen MR) is 136 cm³/mol. The van der Waals surface area contributed by atoms with Crippen molar-refractivity contribution in [2.24, 2.45) is 0 Å². The first-order chi connectivity index (χ1) is 16.9. The van der Waals surface area contributed by atoms with Crippen LogP contribution in [0.3, 0.4) is 0 Å². The van der Waals surface area contributed by atoms with Gasteiger partial charge in [-0.05, 0) is 60.4 Å². The van der Waals surface area contributed by atoms with Crippen LogP contribution in [0.15, 0.2) is 78.4 Å². The number of aliphatic hydroxyl groups is 1. The van der Waals surface area contributed by atoms with Gasteiger partial charge in [-0.15, -0.1) is 0 Å². The van der Waals surface area contributed by atoms with Crippen LogP contribution < -0.4 is 14.4 Å². The highest BCUT2D eigenvalue weighted by atomic mass is 16.5. The van der Waals surface area contributed by atoms with Crippen molar-refractivity contribution in [3.63, 3.8) is 0 Å². The van der Waals surface area contributed by atoms with Gasteiger partial charge in [-0.3, -0.25) is 14.5 Å². The van der Waals surface area contributed by atoms with Crippen molar-refractivity contribution in [2.75, 3.05) is 18.6 Å². The Morgan fingerprint density at radius 3 is 2.23 bits per heavy atom. The quantitative estimate of drug-likeness (QED) is 0.266. The van der Waals surface area contributed by atoms with Crippen LogP contribution in [0.25, 0.3) is 5.76 Å². The maximum atomic E-state index is 13.4. The zero-order chi connectivity index (χ0) is 25.1. The third kappa shape index (κ3) is 4.52. The molecular formula is C29H29NO5. The highest BCUT2D eigenvalue weighted by molar-refractivity contribution is 6.51. The van der Waals surface area contributed by atoms with Crippen LogP contribution in [-0.2, 0) is 9.59 Å². The zero-order valence-electron chi connectivity index (χ0n) is 20.3. The van der Waals surface area contributed by atoms with E-state index in [-0.39, 0.29) is 11.3 Å². The Morgan fingerprint density at radius 2 is 1.63 bits per heavy atom. The van der Waals surface area contributed by atoms with Gasteiger partial charge in [-0.2, -0.15) is 0 Å². The highest BCUT2D eigenvalue weighted by Crippen LogP contribution is 2.43. The molecule has 3 aromatic rings. The Kier molecular flexibility index (Phi) is 6.92. The molecule has 1 fully saturated rings. The van der Waals surface area contributed by atoms with Gasteiger partial charge in [0.2, 0.25) is 0 Å². The van der Waals surface area contributed by atoms with E-state index in [1.165, 1.54) is 12.0 Å². The summed E-state index contributed by atoms with van der Waals surface area (Å²) in [6.45, 7) is 6.60. The van der Waals surface area contributed by atoms with Crippen molar-refractivity contribution >= 4 is 23.1 Å². The van der Waals surface area contributed by atoms with E-state index >= 15 is 0 Å². The van der Waals surface area contributed by atoms with Crippen molar-refractivity contribution in [2.45, 2.75) is 32.7 Å². The first-order valence-electron chi connectivity index (χ1n) is 11.6. The molecule has 1 atom stereocenters. The van der Waals surface area contributed by atoms with E-state index in [2.05, 4.69) is 13.8 Å². The molecule has 4 rings (SSSR count). The molecule has 0 spiro atoms. The van der Waals surface area contributed by atoms with Crippen molar-refractivity contribution in [1.29, 1.82) is 0 Å². The van der Waals surface area contributed by atoms with Crippen molar-refractivity contribution in [1.82, 2.24) is 0 Å². The lowest BCUT2D eigenvalue weighted by Crippen LogP contribution is -2.29. The Morgan fingerprint density at radius 1 is 0.971 bits per heavy atom. The summed E-state index contributed by atoms with van der Waals surface area (Å²) in [7, 11) is 1.49. The average Bonchev–Trinajstić information content (AvgIpc) is 3.14. The van der Waals surface area contributed by atoms with Gasteiger partial charge in [0.1, 0.15) is 17.3 Å². The first kappa shape index (κ1) is 24.1. The highest BCUT2D eigenvalue weighted by Gasteiger charge is 2.47. The maximum Gasteiger partial charge on any atom is 0.300 e. The fourth-order valence-electron chi connectivity index (χ4n) is 4.33. The molecule has 1 N–H and O–H groups in total. The molecule has 1 aliphatic rings. The summed E-state index contributed by atoms with van der Waals surface area (Å²) in [6, 6.07) is 20.8. The fourth-order valence-corrected chi connectivity index (χ4v) is 4.33. The maximum absolute atomic E-state index is 13.4. The molecule has 6 heteroatoms. The molecule has 6 nitrogen and oxygen atoms in total. The molecule has 0 aromatic heterocycles. The monoisotopic (exact) mass is 471 g/mol. The van der Waals surface area contributed by atoms with Gasteiger partial charge in [0.25, 0.3) is 11.7 Å². The molecular weight excluding hydrogens is 442 g/mol. The van der Waals surface area contributed by atoms with Gasteiger partial charge < -0.3 is 14.6 Å². The number of carbonyl (C=O) groups excluding carboxylic acids is 2. The van der Waals surface area contributed by atoms with Gasteiger partial charge in [0, 0.05) is 5.69 Å².